The fourth-order valence-electron chi connectivity index (χ4n) is 3.19. The molecule has 9 nitrogen and oxygen atoms in total. The Morgan fingerprint density at radius 1 is 1.38 bits per heavy atom. The van der Waals surface area contributed by atoms with Crippen molar-refractivity contribution in [2.24, 2.45) is 0 Å². The third-order valence-electron chi connectivity index (χ3n) is 4.39. The summed E-state index contributed by atoms with van der Waals surface area (Å²) >= 11 is 0. The molecule has 1 aliphatic rings. The molecule has 26 heavy (non-hydrogen) atoms. The number of ketones is 1. The van der Waals surface area contributed by atoms with Crippen LogP contribution in [0.15, 0.2) is 47.4 Å². The predicted molar refractivity (Wildman–Crippen MR) is 90.4 cm³/mol. The van der Waals surface area contributed by atoms with Gasteiger partial charge in [0, 0.05) is 18.9 Å². The van der Waals surface area contributed by atoms with Gasteiger partial charge in [-0.1, -0.05) is 30.3 Å². The lowest BCUT2D eigenvalue weighted by molar-refractivity contribution is -0.125. The van der Waals surface area contributed by atoms with Crippen LogP contribution in [-0.4, -0.2) is 57.6 Å². The van der Waals surface area contributed by atoms with Gasteiger partial charge in [0.25, 0.3) is 0 Å². The highest BCUT2D eigenvalue weighted by Gasteiger charge is 2.61. The minimum atomic E-state index is -2.04. The molecule has 1 aromatic heterocycles. The molecule has 0 radical (unpaired) electrons. The Morgan fingerprint density at radius 2 is 2.08 bits per heavy atom. The van der Waals surface area contributed by atoms with Crippen LogP contribution >= 0.6 is 0 Å². The summed E-state index contributed by atoms with van der Waals surface area (Å²) in [5.74, 6) is -0.645. The third kappa shape index (κ3) is 2.71. The monoisotopic (exact) mass is 361 g/mol. The molecule has 2 heterocycles. The molecular weight excluding hydrogens is 342 g/mol. The number of nitrogen functional groups attached to an aromatic ring is 1. The third-order valence-corrected chi connectivity index (χ3v) is 4.39. The molecule has 9 heteroatoms. The zero-order valence-corrected chi connectivity index (χ0v) is 14.0. The SMILES string of the molecule is CO[C@@H]1[C@H](O)[C@@H](CO)O[C@@]1(C(=O)c1ccccc1)n1ccc(N)nc1=O. The molecule has 3 rings (SSSR count). The van der Waals surface area contributed by atoms with E-state index in [1.165, 1.54) is 19.4 Å². The highest BCUT2D eigenvalue weighted by Crippen LogP contribution is 2.39. The molecular formula is C17H19N3O6. The number of hydrogen-bond acceptors (Lipinski definition) is 8. The van der Waals surface area contributed by atoms with E-state index in [9.17, 15) is 19.8 Å². The van der Waals surface area contributed by atoms with Crippen molar-refractivity contribution in [3.63, 3.8) is 0 Å². The molecule has 0 unspecified atom stereocenters. The average Bonchev–Trinajstić information content (AvgIpc) is 2.94. The second-order valence-electron chi connectivity index (χ2n) is 5.88. The first-order valence-electron chi connectivity index (χ1n) is 7.90. The zero-order chi connectivity index (χ0) is 18.9. The van der Waals surface area contributed by atoms with Crippen molar-refractivity contribution in [1.82, 2.24) is 9.55 Å². The lowest BCUT2D eigenvalue weighted by atomic mass is 9.93. The van der Waals surface area contributed by atoms with E-state index in [4.69, 9.17) is 15.2 Å². The summed E-state index contributed by atoms with van der Waals surface area (Å²) in [5.41, 5.74) is 2.89. The maximum absolute atomic E-state index is 13.4. The molecule has 4 N–H and O–H groups in total. The van der Waals surface area contributed by atoms with E-state index in [-0.39, 0.29) is 11.4 Å². The van der Waals surface area contributed by atoms with Crippen LogP contribution in [0.1, 0.15) is 10.4 Å². The van der Waals surface area contributed by atoms with Gasteiger partial charge >= 0.3 is 5.69 Å². The average molecular weight is 361 g/mol. The smallest absolute Gasteiger partial charge is 0.352 e. The number of nitrogens with zero attached hydrogens (tertiary/aromatic N) is 2. The van der Waals surface area contributed by atoms with Gasteiger partial charge in [-0.05, 0) is 6.07 Å². The van der Waals surface area contributed by atoms with Crippen LogP contribution in [0.5, 0.6) is 0 Å². The second kappa shape index (κ2) is 6.96. The molecule has 0 aliphatic carbocycles. The Hall–Kier alpha value is -2.59. The zero-order valence-electron chi connectivity index (χ0n) is 14.0. The van der Waals surface area contributed by atoms with Gasteiger partial charge < -0.3 is 25.4 Å². The number of benzene rings is 1. The largest absolute Gasteiger partial charge is 0.394 e. The lowest BCUT2D eigenvalue weighted by Crippen LogP contribution is -2.56. The van der Waals surface area contributed by atoms with Crippen molar-refractivity contribution in [3.8, 4) is 0 Å². The molecule has 0 saturated carbocycles. The van der Waals surface area contributed by atoms with Crippen LogP contribution in [-0.2, 0) is 15.2 Å². The van der Waals surface area contributed by atoms with Gasteiger partial charge in [0.15, 0.2) is 0 Å². The van der Waals surface area contributed by atoms with Crippen LogP contribution < -0.4 is 11.4 Å². The van der Waals surface area contributed by atoms with Crippen LogP contribution in [0.25, 0.3) is 0 Å². The number of rotatable bonds is 5. The van der Waals surface area contributed by atoms with Crippen molar-refractivity contribution in [2.75, 3.05) is 19.5 Å². The summed E-state index contributed by atoms with van der Waals surface area (Å²) in [5, 5.41) is 20.0. The maximum Gasteiger partial charge on any atom is 0.352 e. The molecule has 2 aromatic rings. The van der Waals surface area contributed by atoms with Crippen molar-refractivity contribution in [2.45, 2.75) is 24.0 Å². The molecule has 1 saturated heterocycles. The minimum Gasteiger partial charge on any atom is -0.394 e. The van der Waals surface area contributed by atoms with Gasteiger partial charge in [0.2, 0.25) is 11.5 Å². The maximum atomic E-state index is 13.4. The molecule has 138 valence electrons. The lowest BCUT2D eigenvalue weighted by Gasteiger charge is -2.33. The topological polar surface area (TPSA) is 137 Å². The molecule has 1 fully saturated rings. The number of Topliss-reactive ketones (excluding diaryl/α,β-unsaturated/α-hetero) is 1. The molecule has 1 aliphatic heterocycles. The summed E-state index contributed by atoms with van der Waals surface area (Å²) in [6.45, 7) is -0.567. The quantitative estimate of drug-likeness (QED) is 0.585. The fourth-order valence-corrected chi connectivity index (χ4v) is 3.19. The van der Waals surface area contributed by atoms with Crippen molar-refractivity contribution >= 4 is 11.6 Å². The van der Waals surface area contributed by atoms with Crippen molar-refractivity contribution < 1.29 is 24.5 Å². The van der Waals surface area contributed by atoms with Crippen LogP contribution in [0.4, 0.5) is 5.82 Å². The number of aromatic nitrogens is 2. The Labute approximate surface area is 148 Å². The normalized spacial score (nSPS) is 28.2. The number of carbonyl (C=O) groups is 1. The first kappa shape index (κ1) is 18.2. The number of carbonyl (C=O) groups excluding carboxylic acids is 1. The van der Waals surface area contributed by atoms with Crippen molar-refractivity contribution in [1.29, 1.82) is 0 Å². The highest BCUT2D eigenvalue weighted by atomic mass is 16.6. The van der Waals surface area contributed by atoms with E-state index >= 15 is 0 Å². The molecule has 0 spiro atoms. The number of aliphatic hydroxyl groups is 2. The highest BCUT2D eigenvalue weighted by molar-refractivity contribution is 6.01. The number of methoxy groups -OCH3 is 1. The Balaban J connectivity index is 2.26. The number of aliphatic hydroxyl groups excluding tert-OH is 2. The van der Waals surface area contributed by atoms with E-state index in [1.807, 2.05) is 0 Å². The van der Waals surface area contributed by atoms with E-state index < -0.39 is 42.1 Å². The van der Waals surface area contributed by atoms with Gasteiger partial charge in [-0.3, -0.25) is 9.36 Å². The Kier molecular flexibility index (Phi) is 4.88. The van der Waals surface area contributed by atoms with Crippen molar-refractivity contribution in [3.05, 3.63) is 58.6 Å². The summed E-state index contributed by atoms with van der Waals surface area (Å²) in [6.07, 6.45) is -2.47. The number of anilines is 1. The number of hydrogen-bond donors (Lipinski definition) is 3. The van der Waals surface area contributed by atoms with E-state index in [0.717, 1.165) is 4.57 Å². The van der Waals surface area contributed by atoms with Gasteiger partial charge in [0.05, 0.1) is 6.61 Å². The standard InChI is InChI=1S/C17H19N3O6/c1-25-15-13(22)11(9-21)26-17(15,14(23)10-5-3-2-4-6-10)20-8-7-12(18)19-16(20)24/h2-8,11,13,15,21-22H,9H2,1H3,(H2,18,19,24)/t11-,13-,15-,17-/m1/s1. The second-order valence-corrected chi connectivity index (χ2v) is 5.88. The van der Waals surface area contributed by atoms with Gasteiger partial charge in [-0.15, -0.1) is 0 Å². The molecule has 0 bridgehead atoms. The minimum absolute atomic E-state index is 0.0280. The van der Waals surface area contributed by atoms with Gasteiger partial charge in [0.1, 0.15) is 24.1 Å². The number of ether oxygens (including phenoxy) is 2. The van der Waals surface area contributed by atoms with E-state index in [2.05, 4.69) is 4.98 Å². The summed E-state index contributed by atoms with van der Waals surface area (Å²) in [4.78, 5) is 29.5. The van der Waals surface area contributed by atoms with E-state index in [0.29, 0.717) is 0 Å². The van der Waals surface area contributed by atoms with Gasteiger partial charge in [-0.25, -0.2) is 4.79 Å². The summed E-state index contributed by atoms with van der Waals surface area (Å²) < 4.78 is 12.0. The molecule has 1 aromatic carbocycles. The predicted octanol–water partition coefficient (Wildman–Crippen LogP) is -0.872. The molecule has 4 atom stereocenters. The Bertz CT molecular complexity index is 855. The molecule has 0 amide bonds. The van der Waals surface area contributed by atoms with Crippen LogP contribution in [0.2, 0.25) is 0 Å². The van der Waals surface area contributed by atoms with Gasteiger partial charge in [-0.2, -0.15) is 4.98 Å². The Morgan fingerprint density at radius 3 is 2.65 bits per heavy atom. The van der Waals surface area contributed by atoms with E-state index in [1.54, 1.807) is 30.3 Å². The first-order chi connectivity index (χ1) is 12.5. The fraction of sp³-hybridized carbons (Fsp3) is 0.353. The summed E-state index contributed by atoms with van der Waals surface area (Å²) in [6, 6.07) is 9.47. The first-order valence-corrected chi connectivity index (χ1v) is 7.90. The number of nitrogens with two attached hydrogens (primary N) is 1. The summed E-state index contributed by atoms with van der Waals surface area (Å²) in [7, 11) is 1.28. The van der Waals surface area contributed by atoms with Crippen LogP contribution in [0.3, 0.4) is 0 Å². The van der Waals surface area contributed by atoms with Crippen LogP contribution in [0, 0.1) is 0 Å².